The Morgan fingerprint density at radius 1 is 1.08 bits per heavy atom. The summed E-state index contributed by atoms with van der Waals surface area (Å²) in [4.78, 5) is 23.9. The monoisotopic (exact) mass is 356 g/mol. The lowest BCUT2D eigenvalue weighted by Gasteiger charge is -2.12. The van der Waals surface area contributed by atoms with Crippen molar-refractivity contribution < 1.29 is 19.1 Å². The predicted octanol–water partition coefficient (Wildman–Crippen LogP) is 3.62. The number of nitrogens with one attached hydrogen (secondary N) is 2. The molecule has 0 aliphatic rings. The first-order valence-electron chi connectivity index (χ1n) is 8.49. The van der Waals surface area contributed by atoms with E-state index in [0.29, 0.717) is 23.6 Å². The lowest BCUT2D eigenvalue weighted by atomic mass is 10.2. The Morgan fingerprint density at radius 2 is 1.81 bits per heavy atom. The molecule has 0 aliphatic carbocycles. The van der Waals surface area contributed by atoms with Gasteiger partial charge in [-0.05, 0) is 55.3 Å². The number of ether oxygens (including phenoxy) is 2. The number of rotatable bonds is 8. The molecule has 0 spiro atoms. The maximum absolute atomic E-state index is 12.2. The third kappa shape index (κ3) is 5.51. The predicted molar refractivity (Wildman–Crippen MR) is 102 cm³/mol. The topological polar surface area (TPSA) is 76.7 Å². The van der Waals surface area contributed by atoms with Crippen molar-refractivity contribution in [1.82, 2.24) is 0 Å². The zero-order valence-corrected chi connectivity index (χ0v) is 15.3. The van der Waals surface area contributed by atoms with Gasteiger partial charge >= 0.3 is 5.97 Å². The number of anilines is 2. The summed E-state index contributed by atoms with van der Waals surface area (Å²) in [5.41, 5.74) is 2.88. The van der Waals surface area contributed by atoms with E-state index in [9.17, 15) is 9.59 Å². The van der Waals surface area contributed by atoms with Crippen LogP contribution in [0.2, 0.25) is 0 Å². The molecule has 2 rings (SSSR count). The lowest BCUT2D eigenvalue weighted by Crippen LogP contribution is -2.22. The van der Waals surface area contributed by atoms with Gasteiger partial charge in [0.2, 0.25) is 5.91 Å². The maximum atomic E-state index is 12.2. The summed E-state index contributed by atoms with van der Waals surface area (Å²) in [5.74, 6) is 0.0712. The molecule has 1 amide bonds. The van der Waals surface area contributed by atoms with Crippen LogP contribution in [0.3, 0.4) is 0 Å². The second kappa shape index (κ2) is 9.46. The van der Waals surface area contributed by atoms with Gasteiger partial charge in [0.25, 0.3) is 0 Å². The van der Waals surface area contributed by atoms with Gasteiger partial charge in [-0.1, -0.05) is 13.0 Å². The highest BCUT2D eigenvalue weighted by Crippen LogP contribution is 2.25. The average molecular weight is 356 g/mol. The normalized spacial score (nSPS) is 10.1. The number of aryl methyl sites for hydroxylation is 1. The second-order valence-electron chi connectivity index (χ2n) is 5.82. The number of esters is 1. The van der Waals surface area contributed by atoms with Crippen molar-refractivity contribution >= 4 is 23.3 Å². The summed E-state index contributed by atoms with van der Waals surface area (Å²) in [6.07, 6.45) is 0.784. The fourth-order valence-electron chi connectivity index (χ4n) is 2.30. The summed E-state index contributed by atoms with van der Waals surface area (Å²) in [5, 5.41) is 5.85. The Hall–Kier alpha value is -3.02. The van der Waals surface area contributed by atoms with Gasteiger partial charge in [-0.2, -0.15) is 0 Å². The van der Waals surface area contributed by atoms with Gasteiger partial charge < -0.3 is 20.1 Å². The third-order valence-corrected chi connectivity index (χ3v) is 3.64. The van der Waals surface area contributed by atoms with E-state index in [2.05, 4.69) is 10.6 Å². The van der Waals surface area contributed by atoms with E-state index in [1.165, 1.54) is 0 Å². The van der Waals surface area contributed by atoms with Crippen molar-refractivity contribution in [1.29, 1.82) is 0 Å². The summed E-state index contributed by atoms with van der Waals surface area (Å²) >= 11 is 0. The highest BCUT2D eigenvalue weighted by Gasteiger charge is 2.09. The van der Waals surface area contributed by atoms with E-state index in [4.69, 9.17) is 9.47 Å². The van der Waals surface area contributed by atoms with Gasteiger partial charge in [0, 0.05) is 5.69 Å². The molecule has 0 aromatic heterocycles. The van der Waals surface area contributed by atoms with Crippen LogP contribution in [0.15, 0.2) is 42.5 Å². The minimum absolute atomic E-state index is 0.0940. The highest BCUT2D eigenvalue weighted by atomic mass is 16.5. The van der Waals surface area contributed by atoms with Crippen molar-refractivity contribution in [3.05, 3.63) is 53.6 Å². The van der Waals surface area contributed by atoms with Crippen molar-refractivity contribution in [2.24, 2.45) is 0 Å². The van der Waals surface area contributed by atoms with Crippen LogP contribution in [0, 0.1) is 6.92 Å². The molecule has 6 nitrogen and oxygen atoms in total. The quantitative estimate of drug-likeness (QED) is 0.707. The van der Waals surface area contributed by atoms with Gasteiger partial charge in [0.1, 0.15) is 5.75 Å². The molecule has 2 aromatic carbocycles. The minimum atomic E-state index is -0.345. The van der Waals surface area contributed by atoms with Crippen LogP contribution in [0.1, 0.15) is 29.3 Å². The minimum Gasteiger partial charge on any atom is -0.495 e. The van der Waals surface area contributed by atoms with Crippen molar-refractivity contribution in [2.45, 2.75) is 20.3 Å². The Labute approximate surface area is 153 Å². The molecular weight excluding hydrogens is 332 g/mol. The van der Waals surface area contributed by atoms with Crippen LogP contribution in [-0.2, 0) is 9.53 Å². The van der Waals surface area contributed by atoms with Crippen molar-refractivity contribution in [3.63, 3.8) is 0 Å². The standard InChI is InChI=1S/C20H24N2O4/c1-4-11-26-20(24)15-6-8-16(9-7-15)21-13-19(23)22-17-12-14(2)5-10-18(17)25-3/h5-10,12,21H,4,11,13H2,1-3H3,(H,22,23). The number of hydrogen-bond donors (Lipinski definition) is 2. The number of hydrogen-bond acceptors (Lipinski definition) is 5. The first-order valence-corrected chi connectivity index (χ1v) is 8.49. The van der Waals surface area contributed by atoms with E-state index in [0.717, 1.165) is 17.7 Å². The molecule has 6 heteroatoms. The van der Waals surface area contributed by atoms with Gasteiger partial charge in [-0.3, -0.25) is 4.79 Å². The van der Waals surface area contributed by atoms with Crippen LogP contribution in [0.4, 0.5) is 11.4 Å². The lowest BCUT2D eigenvalue weighted by molar-refractivity contribution is -0.114. The van der Waals surface area contributed by atoms with Crippen molar-refractivity contribution in [2.75, 3.05) is 30.9 Å². The van der Waals surface area contributed by atoms with Crippen LogP contribution in [-0.4, -0.2) is 32.1 Å². The van der Waals surface area contributed by atoms with E-state index >= 15 is 0 Å². The molecule has 2 N–H and O–H groups in total. The smallest absolute Gasteiger partial charge is 0.338 e. The molecule has 0 atom stereocenters. The molecule has 0 aliphatic heterocycles. The maximum Gasteiger partial charge on any atom is 0.338 e. The van der Waals surface area contributed by atoms with E-state index in [1.54, 1.807) is 31.4 Å². The van der Waals surface area contributed by atoms with Gasteiger partial charge in [0.05, 0.1) is 31.5 Å². The number of methoxy groups -OCH3 is 1. The van der Waals surface area contributed by atoms with Crippen molar-refractivity contribution in [3.8, 4) is 5.75 Å². The van der Waals surface area contributed by atoms with Gasteiger partial charge in [0.15, 0.2) is 0 Å². The summed E-state index contributed by atoms with van der Waals surface area (Å²) in [6, 6.07) is 12.4. The zero-order chi connectivity index (χ0) is 18.9. The summed E-state index contributed by atoms with van der Waals surface area (Å²) in [6.45, 7) is 4.39. The Kier molecular flexibility index (Phi) is 7.02. The molecule has 138 valence electrons. The second-order valence-corrected chi connectivity index (χ2v) is 5.82. The molecule has 0 heterocycles. The van der Waals surface area contributed by atoms with Crippen LogP contribution in [0.5, 0.6) is 5.75 Å². The van der Waals surface area contributed by atoms with Gasteiger partial charge in [-0.25, -0.2) is 4.79 Å². The molecule has 0 saturated heterocycles. The zero-order valence-electron chi connectivity index (χ0n) is 15.3. The number of amides is 1. The molecule has 26 heavy (non-hydrogen) atoms. The Morgan fingerprint density at radius 3 is 2.46 bits per heavy atom. The largest absolute Gasteiger partial charge is 0.495 e. The van der Waals surface area contributed by atoms with Crippen LogP contribution in [0.25, 0.3) is 0 Å². The van der Waals surface area contributed by atoms with Crippen LogP contribution < -0.4 is 15.4 Å². The first-order chi connectivity index (χ1) is 12.5. The van der Waals surface area contributed by atoms with Gasteiger partial charge in [-0.15, -0.1) is 0 Å². The first kappa shape index (κ1) is 19.3. The summed E-state index contributed by atoms with van der Waals surface area (Å²) < 4.78 is 10.3. The van der Waals surface area contributed by atoms with E-state index in [-0.39, 0.29) is 18.4 Å². The average Bonchev–Trinajstić information content (AvgIpc) is 2.65. The number of carbonyl (C=O) groups is 2. The molecule has 0 bridgehead atoms. The third-order valence-electron chi connectivity index (χ3n) is 3.64. The number of benzene rings is 2. The molecule has 0 radical (unpaired) electrons. The van der Waals surface area contributed by atoms with E-state index in [1.807, 2.05) is 32.0 Å². The molecule has 0 fully saturated rings. The SMILES string of the molecule is CCCOC(=O)c1ccc(NCC(=O)Nc2cc(C)ccc2OC)cc1. The Bertz CT molecular complexity index is 757. The fraction of sp³-hybridized carbons (Fsp3) is 0.300. The molecule has 0 unspecified atom stereocenters. The molecule has 2 aromatic rings. The molecule has 0 saturated carbocycles. The Balaban J connectivity index is 1.89. The number of carbonyl (C=O) groups excluding carboxylic acids is 2. The summed E-state index contributed by atoms with van der Waals surface area (Å²) in [7, 11) is 1.56. The molecular formula is C20H24N2O4. The van der Waals surface area contributed by atoms with E-state index < -0.39 is 0 Å². The van der Waals surface area contributed by atoms with Crippen LogP contribution >= 0.6 is 0 Å². The fourth-order valence-corrected chi connectivity index (χ4v) is 2.30. The highest BCUT2D eigenvalue weighted by molar-refractivity contribution is 5.95.